The van der Waals surface area contributed by atoms with Gasteiger partial charge in [0.05, 0.1) is 16.3 Å². The van der Waals surface area contributed by atoms with Gasteiger partial charge in [0.25, 0.3) is 5.91 Å². The minimum atomic E-state index is -4.51. The third kappa shape index (κ3) is 3.03. The van der Waals surface area contributed by atoms with Gasteiger partial charge >= 0.3 is 6.18 Å². The summed E-state index contributed by atoms with van der Waals surface area (Å²) in [7, 11) is 0. The van der Waals surface area contributed by atoms with Crippen LogP contribution in [0.25, 0.3) is 10.9 Å². The first-order valence-corrected chi connectivity index (χ1v) is 6.98. The largest absolute Gasteiger partial charge is 0.416 e. The highest BCUT2D eigenvalue weighted by Crippen LogP contribution is 2.34. The molecule has 0 atom stereocenters. The van der Waals surface area contributed by atoms with E-state index < -0.39 is 17.6 Å². The number of fused-ring (bicyclic) bond motifs is 1. The maximum atomic E-state index is 12.8. The lowest BCUT2D eigenvalue weighted by molar-refractivity contribution is -0.137. The quantitative estimate of drug-likeness (QED) is 0.671. The van der Waals surface area contributed by atoms with Crippen LogP contribution in [0.2, 0.25) is 5.02 Å². The van der Waals surface area contributed by atoms with E-state index in [9.17, 15) is 18.0 Å². The van der Waals surface area contributed by atoms with Gasteiger partial charge in [-0.1, -0.05) is 17.7 Å². The van der Waals surface area contributed by atoms with Crippen molar-refractivity contribution in [2.75, 3.05) is 5.32 Å². The van der Waals surface area contributed by atoms with Crippen LogP contribution in [0.1, 0.15) is 15.9 Å². The molecule has 0 radical (unpaired) electrons. The molecule has 118 valence electrons. The highest BCUT2D eigenvalue weighted by atomic mass is 35.5. The number of rotatable bonds is 2. The van der Waals surface area contributed by atoms with E-state index in [1.165, 1.54) is 0 Å². The molecule has 23 heavy (non-hydrogen) atoms. The highest BCUT2D eigenvalue weighted by Gasteiger charge is 2.31. The molecule has 0 saturated carbocycles. The lowest BCUT2D eigenvalue weighted by Gasteiger charge is -2.12. The third-order valence-corrected chi connectivity index (χ3v) is 3.71. The molecule has 1 amide bonds. The minimum absolute atomic E-state index is 0.0348. The van der Waals surface area contributed by atoms with Gasteiger partial charge < -0.3 is 10.3 Å². The summed E-state index contributed by atoms with van der Waals surface area (Å²) in [6.45, 7) is 0. The van der Waals surface area contributed by atoms with Crippen LogP contribution in [0.4, 0.5) is 18.9 Å². The number of nitrogens with one attached hydrogen (secondary N) is 2. The molecular formula is C16H10ClF3N2O. The molecule has 0 spiro atoms. The fourth-order valence-electron chi connectivity index (χ4n) is 2.27. The summed E-state index contributed by atoms with van der Waals surface area (Å²) in [6, 6.07) is 9.58. The van der Waals surface area contributed by atoms with Gasteiger partial charge in [-0.05, 0) is 36.4 Å². The summed E-state index contributed by atoms with van der Waals surface area (Å²) in [5.41, 5.74) is 0.140. The van der Waals surface area contributed by atoms with Crippen molar-refractivity contribution in [1.82, 2.24) is 4.98 Å². The normalized spacial score (nSPS) is 11.7. The predicted octanol–water partition coefficient (Wildman–Crippen LogP) is 5.09. The molecule has 0 unspecified atom stereocenters. The number of anilines is 1. The van der Waals surface area contributed by atoms with E-state index in [1.807, 2.05) is 0 Å². The van der Waals surface area contributed by atoms with Gasteiger partial charge in [-0.25, -0.2) is 0 Å². The molecule has 0 fully saturated rings. The summed E-state index contributed by atoms with van der Waals surface area (Å²) in [5, 5.41) is 3.15. The molecule has 3 rings (SSSR count). The van der Waals surface area contributed by atoms with Crippen LogP contribution in [-0.2, 0) is 6.18 Å². The molecule has 0 aliphatic rings. The number of aromatic nitrogens is 1. The molecule has 2 aromatic carbocycles. The minimum Gasteiger partial charge on any atom is -0.361 e. The van der Waals surface area contributed by atoms with Gasteiger partial charge in [-0.15, -0.1) is 0 Å². The SMILES string of the molecule is O=C(Nc1cc(C(F)(F)F)ccc1Cl)c1cccc2[nH]ccc12. The Balaban J connectivity index is 1.96. The Morgan fingerprint density at radius 3 is 2.65 bits per heavy atom. The lowest BCUT2D eigenvalue weighted by Crippen LogP contribution is -2.14. The van der Waals surface area contributed by atoms with Gasteiger partial charge in [0.1, 0.15) is 0 Å². The van der Waals surface area contributed by atoms with Crippen LogP contribution >= 0.6 is 11.6 Å². The molecule has 7 heteroatoms. The third-order valence-electron chi connectivity index (χ3n) is 3.38. The van der Waals surface area contributed by atoms with Crippen molar-refractivity contribution in [2.24, 2.45) is 0 Å². The number of hydrogen-bond donors (Lipinski definition) is 2. The molecule has 0 bridgehead atoms. The summed E-state index contributed by atoms with van der Waals surface area (Å²) in [4.78, 5) is 15.3. The fourth-order valence-corrected chi connectivity index (χ4v) is 2.44. The van der Waals surface area contributed by atoms with E-state index in [0.717, 1.165) is 23.7 Å². The zero-order valence-corrected chi connectivity index (χ0v) is 12.3. The molecule has 0 aliphatic heterocycles. The Morgan fingerprint density at radius 1 is 1.13 bits per heavy atom. The predicted molar refractivity (Wildman–Crippen MR) is 82.7 cm³/mol. The summed E-state index contributed by atoms with van der Waals surface area (Å²) in [6.07, 6.45) is -2.83. The Morgan fingerprint density at radius 2 is 1.91 bits per heavy atom. The zero-order valence-electron chi connectivity index (χ0n) is 11.5. The number of alkyl halides is 3. The van der Waals surface area contributed by atoms with Gasteiger partial charge in [0.2, 0.25) is 0 Å². The molecule has 2 N–H and O–H groups in total. The van der Waals surface area contributed by atoms with Gasteiger partial charge in [0.15, 0.2) is 0 Å². The van der Waals surface area contributed by atoms with Crippen LogP contribution < -0.4 is 5.32 Å². The first-order chi connectivity index (χ1) is 10.9. The molecule has 3 nitrogen and oxygen atoms in total. The van der Waals surface area contributed by atoms with Gasteiger partial charge in [0, 0.05) is 22.7 Å². The maximum absolute atomic E-state index is 12.8. The van der Waals surface area contributed by atoms with Crippen LogP contribution in [0.15, 0.2) is 48.7 Å². The van der Waals surface area contributed by atoms with Crippen molar-refractivity contribution < 1.29 is 18.0 Å². The highest BCUT2D eigenvalue weighted by molar-refractivity contribution is 6.34. The van der Waals surface area contributed by atoms with Crippen molar-refractivity contribution in [3.63, 3.8) is 0 Å². The molecule has 1 heterocycles. The van der Waals surface area contributed by atoms with Crippen molar-refractivity contribution in [2.45, 2.75) is 6.18 Å². The Kier molecular flexibility index (Phi) is 3.77. The Hall–Kier alpha value is -2.47. The number of benzene rings is 2. The first kappa shape index (κ1) is 15.4. The van der Waals surface area contributed by atoms with E-state index in [-0.39, 0.29) is 10.7 Å². The summed E-state index contributed by atoms with van der Waals surface area (Å²) < 4.78 is 38.3. The molecule has 1 aromatic heterocycles. The number of H-pyrrole nitrogens is 1. The molecular weight excluding hydrogens is 329 g/mol. The van der Waals surface area contributed by atoms with Crippen LogP contribution in [0.5, 0.6) is 0 Å². The van der Waals surface area contributed by atoms with Crippen LogP contribution in [0, 0.1) is 0 Å². The zero-order chi connectivity index (χ0) is 16.6. The number of carbonyl (C=O) groups is 1. The average molecular weight is 339 g/mol. The van der Waals surface area contributed by atoms with E-state index in [2.05, 4.69) is 10.3 Å². The summed E-state index contributed by atoms with van der Waals surface area (Å²) in [5.74, 6) is -0.531. The Bertz CT molecular complexity index is 886. The van der Waals surface area contributed by atoms with Gasteiger partial charge in [-0.3, -0.25) is 4.79 Å². The number of halogens is 4. The topological polar surface area (TPSA) is 44.9 Å². The number of hydrogen-bond acceptors (Lipinski definition) is 1. The lowest BCUT2D eigenvalue weighted by atomic mass is 10.1. The van der Waals surface area contributed by atoms with E-state index in [1.54, 1.807) is 30.5 Å². The number of carbonyl (C=O) groups excluding carboxylic acids is 1. The van der Waals surface area contributed by atoms with Gasteiger partial charge in [-0.2, -0.15) is 13.2 Å². The average Bonchev–Trinajstić information content (AvgIpc) is 2.96. The number of amides is 1. The van der Waals surface area contributed by atoms with E-state index in [4.69, 9.17) is 11.6 Å². The summed E-state index contributed by atoms with van der Waals surface area (Å²) >= 11 is 5.89. The van der Waals surface area contributed by atoms with Crippen LogP contribution in [0.3, 0.4) is 0 Å². The van der Waals surface area contributed by atoms with E-state index >= 15 is 0 Å². The van der Waals surface area contributed by atoms with Crippen LogP contribution in [-0.4, -0.2) is 10.9 Å². The molecule has 0 aliphatic carbocycles. The van der Waals surface area contributed by atoms with Crippen molar-refractivity contribution in [3.05, 3.63) is 64.8 Å². The number of aromatic amines is 1. The fraction of sp³-hybridized carbons (Fsp3) is 0.0625. The van der Waals surface area contributed by atoms with Crippen molar-refractivity contribution >= 4 is 34.1 Å². The Labute approximate surface area is 134 Å². The second-order valence-electron chi connectivity index (χ2n) is 4.89. The monoisotopic (exact) mass is 338 g/mol. The second kappa shape index (κ2) is 5.62. The smallest absolute Gasteiger partial charge is 0.361 e. The van der Waals surface area contributed by atoms with E-state index in [0.29, 0.717) is 10.9 Å². The maximum Gasteiger partial charge on any atom is 0.416 e. The van der Waals surface area contributed by atoms with Crippen molar-refractivity contribution in [3.8, 4) is 0 Å². The van der Waals surface area contributed by atoms with Crippen molar-refractivity contribution in [1.29, 1.82) is 0 Å². The second-order valence-corrected chi connectivity index (χ2v) is 5.30. The first-order valence-electron chi connectivity index (χ1n) is 6.60. The standard InChI is InChI=1S/C16H10ClF3N2O/c17-12-5-4-9(16(18,19)20)8-14(12)22-15(23)11-2-1-3-13-10(11)6-7-21-13/h1-8,21H,(H,22,23). The molecule has 3 aromatic rings. The molecule has 0 saturated heterocycles.